The summed E-state index contributed by atoms with van der Waals surface area (Å²) < 4.78 is 0.867. The molecule has 0 aliphatic heterocycles. The Hall–Kier alpha value is -0.150. The molecule has 0 radical (unpaired) electrons. The number of hydrogen-bond acceptors (Lipinski definition) is 2. The molecule has 98 valence electrons. The molecule has 0 amide bonds. The normalized spacial score (nSPS) is 30.4. The van der Waals surface area contributed by atoms with Crippen molar-refractivity contribution in [1.82, 2.24) is 9.97 Å². The summed E-state index contributed by atoms with van der Waals surface area (Å²) in [4.78, 5) is 9.31. The third kappa shape index (κ3) is 2.09. The van der Waals surface area contributed by atoms with Gasteiger partial charge in [0.15, 0.2) is 0 Å². The molecule has 1 aromatic rings. The zero-order chi connectivity index (χ0) is 12.9. The second kappa shape index (κ2) is 4.75. The maximum Gasteiger partial charge on any atom is 0.147 e. The Kier molecular flexibility index (Phi) is 3.39. The molecule has 3 unspecified atom stereocenters. The Balaban J connectivity index is 1.98. The Bertz CT molecular complexity index is 475. The van der Waals surface area contributed by atoms with Crippen LogP contribution in [0.3, 0.4) is 0 Å². The molecule has 2 bridgehead atoms. The zero-order valence-electron chi connectivity index (χ0n) is 10.8. The molecule has 1 heterocycles. The van der Waals surface area contributed by atoms with E-state index in [2.05, 4.69) is 34.8 Å². The van der Waals surface area contributed by atoms with Gasteiger partial charge in [-0.25, -0.2) is 9.97 Å². The minimum Gasteiger partial charge on any atom is -0.236 e. The van der Waals surface area contributed by atoms with Gasteiger partial charge in [0.1, 0.15) is 11.0 Å². The molecule has 2 fully saturated rings. The predicted octanol–water partition coefficient (Wildman–Crippen LogP) is 4.92. The number of aromatic nitrogens is 2. The lowest BCUT2D eigenvalue weighted by Gasteiger charge is -2.21. The summed E-state index contributed by atoms with van der Waals surface area (Å²) in [5.41, 5.74) is 1.05. The van der Waals surface area contributed by atoms with Gasteiger partial charge < -0.3 is 0 Å². The van der Waals surface area contributed by atoms with Crippen LogP contribution in [-0.2, 0) is 0 Å². The number of fused-ring (bicyclic) bond motifs is 2. The molecule has 4 heteroatoms. The fourth-order valence-corrected chi connectivity index (χ4v) is 4.38. The fraction of sp³-hybridized carbons (Fsp3) is 0.714. The first kappa shape index (κ1) is 12.9. The lowest BCUT2D eigenvalue weighted by atomic mass is 9.88. The molecule has 3 atom stereocenters. The topological polar surface area (TPSA) is 25.8 Å². The van der Waals surface area contributed by atoms with Crippen molar-refractivity contribution in [3.63, 3.8) is 0 Å². The van der Waals surface area contributed by atoms with E-state index in [-0.39, 0.29) is 0 Å². The second-order valence-electron chi connectivity index (χ2n) is 6.01. The van der Waals surface area contributed by atoms with Gasteiger partial charge in [0.25, 0.3) is 0 Å². The Morgan fingerprint density at radius 3 is 2.56 bits per heavy atom. The van der Waals surface area contributed by atoms with Crippen molar-refractivity contribution in [2.24, 2.45) is 11.8 Å². The van der Waals surface area contributed by atoms with Gasteiger partial charge in [0, 0.05) is 5.92 Å². The highest BCUT2D eigenvalue weighted by Crippen LogP contribution is 2.52. The van der Waals surface area contributed by atoms with Crippen LogP contribution in [0.2, 0.25) is 5.15 Å². The average Bonchev–Trinajstić information content (AvgIpc) is 2.94. The highest BCUT2D eigenvalue weighted by molar-refractivity contribution is 9.10. The van der Waals surface area contributed by atoms with E-state index in [0.29, 0.717) is 17.0 Å². The third-order valence-electron chi connectivity index (χ3n) is 4.47. The van der Waals surface area contributed by atoms with Gasteiger partial charge in [0.05, 0.1) is 10.2 Å². The van der Waals surface area contributed by atoms with Crippen molar-refractivity contribution in [2.75, 3.05) is 0 Å². The van der Waals surface area contributed by atoms with Crippen LogP contribution in [0.15, 0.2) is 4.47 Å². The molecule has 2 nitrogen and oxygen atoms in total. The third-order valence-corrected chi connectivity index (χ3v) is 5.75. The molecule has 0 aromatic carbocycles. The first-order valence-electron chi connectivity index (χ1n) is 6.79. The first-order valence-corrected chi connectivity index (χ1v) is 7.96. The summed E-state index contributed by atoms with van der Waals surface area (Å²) in [6, 6.07) is 0. The van der Waals surface area contributed by atoms with Crippen LogP contribution in [0.1, 0.15) is 62.9 Å². The molecular weight excluding hydrogens is 312 g/mol. The second-order valence-corrected chi connectivity index (χ2v) is 7.16. The largest absolute Gasteiger partial charge is 0.236 e. The van der Waals surface area contributed by atoms with Crippen LogP contribution >= 0.6 is 27.5 Å². The maximum atomic E-state index is 6.25. The van der Waals surface area contributed by atoms with Gasteiger partial charge in [-0.1, -0.05) is 31.9 Å². The Morgan fingerprint density at radius 2 is 2.00 bits per heavy atom. The molecule has 1 aromatic heterocycles. The number of rotatable bonds is 2. The summed E-state index contributed by atoms with van der Waals surface area (Å²) in [6.45, 7) is 4.29. The van der Waals surface area contributed by atoms with E-state index in [0.717, 1.165) is 27.8 Å². The van der Waals surface area contributed by atoms with Crippen LogP contribution in [0.4, 0.5) is 0 Å². The van der Waals surface area contributed by atoms with E-state index in [1.807, 2.05) is 0 Å². The zero-order valence-corrected chi connectivity index (χ0v) is 13.1. The molecule has 3 rings (SSSR count). The molecule has 2 aliphatic rings. The van der Waals surface area contributed by atoms with Crippen LogP contribution in [0, 0.1) is 11.8 Å². The monoisotopic (exact) mass is 328 g/mol. The predicted molar refractivity (Wildman–Crippen MR) is 77.0 cm³/mol. The van der Waals surface area contributed by atoms with Gasteiger partial charge in [0.2, 0.25) is 0 Å². The summed E-state index contributed by atoms with van der Waals surface area (Å²) in [5.74, 6) is 3.61. The van der Waals surface area contributed by atoms with Crippen LogP contribution in [0.25, 0.3) is 0 Å². The van der Waals surface area contributed by atoms with Gasteiger partial charge in [-0.15, -0.1) is 0 Å². The highest BCUT2D eigenvalue weighted by Gasteiger charge is 2.41. The van der Waals surface area contributed by atoms with Crippen molar-refractivity contribution < 1.29 is 0 Å². The van der Waals surface area contributed by atoms with Gasteiger partial charge >= 0.3 is 0 Å². The molecule has 0 N–H and O–H groups in total. The van der Waals surface area contributed by atoms with Crippen molar-refractivity contribution >= 4 is 27.5 Å². The first-order chi connectivity index (χ1) is 8.56. The van der Waals surface area contributed by atoms with Gasteiger partial charge in [-0.05, 0) is 52.9 Å². The smallest absolute Gasteiger partial charge is 0.147 e. The standard InChI is InChI=1S/C14H18BrClN2/c1-7(2)12-11(15)13(16)18-14(17-12)10-6-8-3-4-9(10)5-8/h7-10H,3-6H2,1-2H3. The average molecular weight is 330 g/mol. The number of hydrogen-bond donors (Lipinski definition) is 0. The molecular formula is C14H18BrClN2. The lowest BCUT2D eigenvalue weighted by Crippen LogP contribution is -2.14. The van der Waals surface area contributed by atoms with Crippen molar-refractivity contribution in [1.29, 1.82) is 0 Å². The summed E-state index contributed by atoms with van der Waals surface area (Å²) in [5, 5.41) is 0.575. The van der Waals surface area contributed by atoms with Crippen molar-refractivity contribution in [3.8, 4) is 0 Å². The molecule has 2 aliphatic carbocycles. The van der Waals surface area contributed by atoms with E-state index < -0.39 is 0 Å². The highest BCUT2D eigenvalue weighted by atomic mass is 79.9. The fourth-order valence-electron chi connectivity index (χ4n) is 3.56. The van der Waals surface area contributed by atoms with E-state index in [1.54, 1.807) is 0 Å². The van der Waals surface area contributed by atoms with E-state index in [1.165, 1.54) is 25.7 Å². The van der Waals surface area contributed by atoms with Gasteiger partial charge in [-0.3, -0.25) is 0 Å². The van der Waals surface area contributed by atoms with Crippen LogP contribution in [-0.4, -0.2) is 9.97 Å². The van der Waals surface area contributed by atoms with E-state index in [4.69, 9.17) is 16.6 Å². The van der Waals surface area contributed by atoms with Gasteiger partial charge in [-0.2, -0.15) is 0 Å². The van der Waals surface area contributed by atoms with Crippen molar-refractivity contribution in [3.05, 3.63) is 21.1 Å². The lowest BCUT2D eigenvalue weighted by molar-refractivity contribution is 0.404. The summed E-state index contributed by atoms with van der Waals surface area (Å²) in [6.07, 6.45) is 5.39. The van der Waals surface area contributed by atoms with E-state index >= 15 is 0 Å². The Morgan fingerprint density at radius 1 is 1.22 bits per heavy atom. The minimum atomic E-state index is 0.372. The molecule has 0 spiro atoms. The summed E-state index contributed by atoms with van der Waals surface area (Å²) >= 11 is 9.75. The van der Waals surface area contributed by atoms with Crippen molar-refractivity contribution in [2.45, 2.75) is 51.4 Å². The maximum absolute atomic E-state index is 6.25. The summed E-state index contributed by atoms with van der Waals surface area (Å²) in [7, 11) is 0. The quantitative estimate of drug-likeness (QED) is 0.720. The number of halogens is 2. The molecule has 2 saturated carbocycles. The number of nitrogens with zero attached hydrogens (tertiary/aromatic N) is 2. The van der Waals surface area contributed by atoms with E-state index in [9.17, 15) is 0 Å². The van der Waals surface area contributed by atoms with Crippen LogP contribution in [0.5, 0.6) is 0 Å². The SMILES string of the molecule is CC(C)c1nc(C2CC3CCC2C3)nc(Cl)c1Br. The van der Waals surface area contributed by atoms with Crippen LogP contribution < -0.4 is 0 Å². The molecule has 18 heavy (non-hydrogen) atoms. The Labute approximate surface area is 122 Å². The minimum absolute atomic E-state index is 0.372. The molecule has 0 saturated heterocycles.